The number of unbranched alkanes of at least 4 members (excludes halogenated alkanes) is 2. The zero-order valence-electron chi connectivity index (χ0n) is 7.99. The molecule has 0 bridgehead atoms. The van der Waals surface area contributed by atoms with E-state index in [1.165, 1.54) is 12.2 Å². The van der Waals surface area contributed by atoms with Gasteiger partial charge < -0.3 is 5.11 Å². The van der Waals surface area contributed by atoms with Gasteiger partial charge in [-0.3, -0.25) is 4.79 Å². The lowest BCUT2D eigenvalue weighted by molar-refractivity contribution is -0.111. The Labute approximate surface area is 79.0 Å². The summed E-state index contributed by atoms with van der Waals surface area (Å²) in [6.45, 7) is 2.13. The van der Waals surface area contributed by atoms with Crippen LogP contribution in [0.2, 0.25) is 0 Å². The van der Waals surface area contributed by atoms with Gasteiger partial charge in [-0.25, -0.2) is 0 Å². The number of ketones is 1. The molecule has 2 nitrogen and oxygen atoms in total. The second-order valence-electron chi connectivity index (χ2n) is 3.36. The molecule has 0 radical (unpaired) electrons. The first-order valence-electron chi connectivity index (χ1n) is 4.85. The first-order chi connectivity index (χ1) is 6.24. The summed E-state index contributed by atoms with van der Waals surface area (Å²) in [6.07, 6.45) is 8.21. The van der Waals surface area contributed by atoms with Crippen molar-refractivity contribution in [1.29, 1.82) is 0 Å². The summed E-state index contributed by atoms with van der Waals surface area (Å²) in [4.78, 5) is 11.3. The maximum Gasteiger partial charge on any atom is 0.181 e. The van der Waals surface area contributed by atoms with Crippen molar-refractivity contribution in [2.45, 2.75) is 38.7 Å². The molecular formula is C11H16O2. The zero-order valence-corrected chi connectivity index (χ0v) is 7.99. The Hall–Kier alpha value is -0.890. The highest BCUT2D eigenvalue weighted by atomic mass is 16.3. The molecule has 0 spiro atoms. The Morgan fingerprint density at radius 1 is 1.46 bits per heavy atom. The molecular weight excluding hydrogens is 164 g/mol. The monoisotopic (exact) mass is 180 g/mol. The molecule has 1 aliphatic carbocycles. The van der Waals surface area contributed by atoms with Gasteiger partial charge in [-0.05, 0) is 36.6 Å². The quantitative estimate of drug-likeness (QED) is 0.672. The van der Waals surface area contributed by atoms with Gasteiger partial charge in [0.1, 0.15) is 0 Å². The lowest BCUT2D eigenvalue weighted by Crippen LogP contribution is -2.11. The van der Waals surface area contributed by atoms with Crippen LogP contribution in [0.1, 0.15) is 32.6 Å². The van der Waals surface area contributed by atoms with Gasteiger partial charge >= 0.3 is 0 Å². The molecule has 13 heavy (non-hydrogen) atoms. The van der Waals surface area contributed by atoms with Crippen molar-refractivity contribution in [2.24, 2.45) is 0 Å². The normalized spacial score (nSPS) is 21.8. The summed E-state index contributed by atoms with van der Waals surface area (Å²) in [5.74, 6) is 0.0569. The molecule has 1 rings (SSSR count). The number of hydrogen-bond donors (Lipinski definition) is 1. The molecule has 0 aromatic heterocycles. The SMILES string of the molecule is CCCCCC1=CC(O)C=CC1=O. The maximum atomic E-state index is 11.3. The largest absolute Gasteiger partial charge is 0.385 e. The fraction of sp³-hybridized carbons (Fsp3) is 0.545. The standard InChI is InChI=1S/C11H16O2/c1-2-3-4-5-9-8-10(12)6-7-11(9)13/h6-8,10,12H,2-5H2,1H3. The van der Waals surface area contributed by atoms with Crippen LogP contribution in [-0.4, -0.2) is 17.0 Å². The van der Waals surface area contributed by atoms with E-state index in [-0.39, 0.29) is 5.78 Å². The van der Waals surface area contributed by atoms with Gasteiger partial charge in [0.05, 0.1) is 6.10 Å². The van der Waals surface area contributed by atoms with E-state index in [0.717, 1.165) is 31.3 Å². The first kappa shape index (κ1) is 10.2. The van der Waals surface area contributed by atoms with E-state index in [2.05, 4.69) is 6.92 Å². The molecule has 1 N–H and O–H groups in total. The van der Waals surface area contributed by atoms with Crippen molar-refractivity contribution in [3.63, 3.8) is 0 Å². The van der Waals surface area contributed by atoms with Crippen LogP contribution >= 0.6 is 0 Å². The molecule has 1 aliphatic rings. The predicted octanol–water partition coefficient (Wildman–Crippen LogP) is 1.99. The molecule has 2 heteroatoms. The average Bonchev–Trinajstić information content (AvgIpc) is 2.11. The Balaban J connectivity index is 2.43. The van der Waals surface area contributed by atoms with Crippen LogP contribution in [0.3, 0.4) is 0 Å². The van der Waals surface area contributed by atoms with Crippen molar-refractivity contribution in [1.82, 2.24) is 0 Å². The summed E-state index contributed by atoms with van der Waals surface area (Å²) >= 11 is 0. The van der Waals surface area contributed by atoms with Crippen molar-refractivity contribution in [3.05, 3.63) is 23.8 Å². The summed E-state index contributed by atoms with van der Waals surface area (Å²) < 4.78 is 0. The topological polar surface area (TPSA) is 37.3 Å². The van der Waals surface area contributed by atoms with Gasteiger partial charge in [0.15, 0.2) is 5.78 Å². The maximum absolute atomic E-state index is 11.3. The lowest BCUT2D eigenvalue weighted by atomic mass is 9.97. The second-order valence-corrected chi connectivity index (χ2v) is 3.36. The minimum Gasteiger partial charge on any atom is -0.385 e. The number of aliphatic hydroxyl groups is 1. The molecule has 1 atom stereocenters. The minimum absolute atomic E-state index is 0.0569. The second kappa shape index (κ2) is 4.97. The van der Waals surface area contributed by atoms with E-state index in [1.807, 2.05) is 0 Å². The number of allylic oxidation sites excluding steroid dienone is 2. The molecule has 0 amide bonds. The first-order valence-corrected chi connectivity index (χ1v) is 4.85. The van der Waals surface area contributed by atoms with Gasteiger partial charge in [-0.15, -0.1) is 0 Å². The number of aliphatic hydroxyl groups excluding tert-OH is 1. The Morgan fingerprint density at radius 3 is 2.92 bits per heavy atom. The summed E-state index contributed by atoms with van der Waals surface area (Å²) in [7, 11) is 0. The van der Waals surface area contributed by atoms with Crippen LogP contribution in [0.15, 0.2) is 23.8 Å². The van der Waals surface area contributed by atoms with Crippen LogP contribution in [0.4, 0.5) is 0 Å². The minimum atomic E-state index is -0.561. The van der Waals surface area contributed by atoms with Crippen LogP contribution in [0.25, 0.3) is 0 Å². The van der Waals surface area contributed by atoms with E-state index in [0.29, 0.717) is 0 Å². The Bertz CT molecular complexity index is 238. The molecule has 0 saturated carbocycles. The molecule has 0 heterocycles. The van der Waals surface area contributed by atoms with E-state index in [4.69, 9.17) is 0 Å². The average molecular weight is 180 g/mol. The highest BCUT2D eigenvalue weighted by molar-refractivity contribution is 6.04. The van der Waals surface area contributed by atoms with Gasteiger partial charge in [-0.1, -0.05) is 19.8 Å². The van der Waals surface area contributed by atoms with Crippen LogP contribution in [-0.2, 0) is 4.79 Å². The van der Waals surface area contributed by atoms with Crippen molar-refractivity contribution in [2.75, 3.05) is 0 Å². The van der Waals surface area contributed by atoms with Crippen LogP contribution < -0.4 is 0 Å². The Kier molecular flexibility index (Phi) is 3.90. The van der Waals surface area contributed by atoms with Gasteiger partial charge in [0.25, 0.3) is 0 Å². The molecule has 0 saturated heterocycles. The summed E-state index contributed by atoms with van der Waals surface area (Å²) in [6, 6.07) is 0. The van der Waals surface area contributed by atoms with E-state index < -0.39 is 6.10 Å². The van der Waals surface area contributed by atoms with Gasteiger partial charge in [0.2, 0.25) is 0 Å². The highest BCUT2D eigenvalue weighted by Gasteiger charge is 2.12. The van der Waals surface area contributed by atoms with Crippen LogP contribution in [0, 0.1) is 0 Å². The van der Waals surface area contributed by atoms with Gasteiger partial charge in [-0.2, -0.15) is 0 Å². The smallest absolute Gasteiger partial charge is 0.181 e. The van der Waals surface area contributed by atoms with Crippen LogP contribution in [0.5, 0.6) is 0 Å². The highest BCUT2D eigenvalue weighted by Crippen LogP contribution is 2.15. The van der Waals surface area contributed by atoms with E-state index in [9.17, 15) is 9.90 Å². The number of carbonyl (C=O) groups is 1. The fourth-order valence-corrected chi connectivity index (χ4v) is 1.41. The van der Waals surface area contributed by atoms with E-state index >= 15 is 0 Å². The zero-order chi connectivity index (χ0) is 9.68. The third-order valence-electron chi connectivity index (χ3n) is 2.18. The fourth-order valence-electron chi connectivity index (χ4n) is 1.41. The molecule has 1 unspecified atom stereocenters. The number of rotatable bonds is 4. The third kappa shape index (κ3) is 3.15. The number of hydrogen-bond acceptors (Lipinski definition) is 2. The number of carbonyl (C=O) groups excluding carboxylic acids is 1. The molecule has 0 aromatic rings. The van der Waals surface area contributed by atoms with Crippen molar-refractivity contribution in [3.8, 4) is 0 Å². The summed E-state index contributed by atoms with van der Waals surface area (Å²) in [5.41, 5.74) is 0.767. The van der Waals surface area contributed by atoms with Crippen molar-refractivity contribution >= 4 is 5.78 Å². The van der Waals surface area contributed by atoms with E-state index in [1.54, 1.807) is 6.08 Å². The molecule has 0 fully saturated rings. The van der Waals surface area contributed by atoms with Gasteiger partial charge in [0, 0.05) is 0 Å². The predicted molar refractivity (Wildman–Crippen MR) is 52.4 cm³/mol. The Morgan fingerprint density at radius 2 is 2.23 bits per heavy atom. The lowest BCUT2D eigenvalue weighted by Gasteiger charge is -2.10. The molecule has 0 aromatic carbocycles. The molecule has 0 aliphatic heterocycles. The summed E-state index contributed by atoms with van der Waals surface area (Å²) in [5, 5.41) is 9.24. The molecule has 72 valence electrons. The third-order valence-corrected chi connectivity index (χ3v) is 2.18. The van der Waals surface area contributed by atoms with Crippen molar-refractivity contribution < 1.29 is 9.90 Å².